The summed E-state index contributed by atoms with van der Waals surface area (Å²) in [6.07, 6.45) is -0.635. The van der Waals surface area contributed by atoms with E-state index in [-0.39, 0.29) is 11.2 Å². The predicted molar refractivity (Wildman–Crippen MR) is 117 cm³/mol. The van der Waals surface area contributed by atoms with Gasteiger partial charge >= 0.3 is 0 Å². The van der Waals surface area contributed by atoms with Gasteiger partial charge in [0.05, 0.1) is 10.9 Å². The van der Waals surface area contributed by atoms with Crippen molar-refractivity contribution in [1.82, 2.24) is 0 Å². The van der Waals surface area contributed by atoms with Crippen molar-refractivity contribution in [2.75, 3.05) is 10.6 Å². The van der Waals surface area contributed by atoms with Crippen molar-refractivity contribution in [1.29, 1.82) is 0 Å². The fraction of sp³-hybridized carbons (Fsp3) is 0.174. The molecule has 0 saturated carbocycles. The second-order valence-corrected chi connectivity index (χ2v) is 8.30. The summed E-state index contributed by atoms with van der Waals surface area (Å²) in [6, 6.07) is 22.7. The van der Waals surface area contributed by atoms with Crippen LogP contribution in [0.5, 0.6) is 5.75 Å². The largest absolute Gasteiger partial charge is 0.489 e. The lowest BCUT2D eigenvalue weighted by Crippen LogP contribution is -2.32. The van der Waals surface area contributed by atoms with Gasteiger partial charge in [0, 0.05) is 22.2 Å². The van der Waals surface area contributed by atoms with Crippen LogP contribution in [0.15, 0.2) is 77.7 Å². The van der Waals surface area contributed by atoms with Gasteiger partial charge in [0.15, 0.2) is 0 Å². The maximum absolute atomic E-state index is 12.7. The van der Waals surface area contributed by atoms with Crippen LogP contribution in [-0.4, -0.2) is 22.5 Å². The lowest BCUT2D eigenvalue weighted by Gasteiger charge is -2.28. The van der Waals surface area contributed by atoms with Gasteiger partial charge in [-0.25, -0.2) is 0 Å². The Balaban J connectivity index is 1.43. The zero-order chi connectivity index (χ0) is 20.2. The Kier molecular flexibility index (Phi) is 5.74. The molecule has 1 amide bonds. The van der Waals surface area contributed by atoms with Crippen molar-refractivity contribution in [3.8, 4) is 5.75 Å². The number of thioether (sulfide) groups is 1. The van der Waals surface area contributed by atoms with Crippen molar-refractivity contribution in [2.24, 2.45) is 0 Å². The molecule has 1 heterocycles. The Hall–Kier alpha value is -2.96. The molecule has 29 heavy (non-hydrogen) atoms. The van der Waals surface area contributed by atoms with E-state index in [9.17, 15) is 9.90 Å². The van der Waals surface area contributed by atoms with Crippen LogP contribution in [0.1, 0.15) is 22.8 Å². The molecule has 5 nitrogen and oxygen atoms in total. The summed E-state index contributed by atoms with van der Waals surface area (Å²) in [5.74, 6) is 0.472. The van der Waals surface area contributed by atoms with E-state index in [4.69, 9.17) is 4.74 Å². The van der Waals surface area contributed by atoms with E-state index in [1.54, 1.807) is 30.0 Å². The highest BCUT2D eigenvalue weighted by Gasteiger charge is 2.24. The number of ether oxygens (including phenoxy) is 1. The van der Waals surface area contributed by atoms with Crippen LogP contribution in [0.25, 0.3) is 0 Å². The highest BCUT2D eigenvalue weighted by Crippen LogP contribution is 2.37. The monoisotopic (exact) mass is 406 g/mol. The first kappa shape index (κ1) is 19.4. The lowest BCUT2D eigenvalue weighted by molar-refractivity contribution is 0.102. The van der Waals surface area contributed by atoms with Gasteiger partial charge < -0.3 is 20.5 Å². The molecule has 4 rings (SSSR count). The molecule has 6 heteroatoms. The van der Waals surface area contributed by atoms with E-state index < -0.39 is 6.23 Å². The molecule has 148 valence electrons. The van der Waals surface area contributed by atoms with Crippen LogP contribution in [-0.2, 0) is 6.61 Å². The highest BCUT2D eigenvalue weighted by atomic mass is 32.2. The summed E-state index contributed by atoms with van der Waals surface area (Å²) in [5, 5.41) is 16.0. The number of benzene rings is 3. The number of carbonyl (C=O) groups excluding carboxylic acids is 1. The third kappa shape index (κ3) is 4.72. The number of rotatable bonds is 5. The van der Waals surface area contributed by atoms with Crippen molar-refractivity contribution < 1.29 is 14.6 Å². The topological polar surface area (TPSA) is 70.6 Å². The Labute approximate surface area is 174 Å². The summed E-state index contributed by atoms with van der Waals surface area (Å²) in [6.45, 7) is 2.42. The molecule has 0 spiro atoms. The number of fused-ring (bicyclic) bond motifs is 1. The molecule has 2 atom stereocenters. The Bertz CT molecular complexity index is 1010. The molecule has 3 N–H and O–H groups in total. The summed E-state index contributed by atoms with van der Waals surface area (Å²) < 4.78 is 5.82. The first-order chi connectivity index (χ1) is 14.1. The van der Waals surface area contributed by atoms with Crippen molar-refractivity contribution in [2.45, 2.75) is 29.9 Å². The SMILES string of the molecule is CC1Sc2ccc(C(=O)Nc3cccc(OCc4ccccc4)c3)cc2NC1O. The number of aliphatic hydroxyl groups excluding tert-OH is 1. The maximum Gasteiger partial charge on any atom is 0.255 e. The smallest absolute Gasteiger partial charge is 0.255 e. The molecule has 3 aromatic carbocycles. The van der Waals surface area contributed by atoms with E-state index in [1.165, 1.54) is 0 Å². The van der Waals surface area contributed by atoms with Gasteiger partial charge in [0.1, 0.15) is 18.6 Å². The van der Waals surface area contributed by atoms with Crippen LogP contribution < -0.4 is 15.4 Å². The van der Waals surface area contributed by atoms with E-state index in [1.807, 2.05) is 61.5 Å². The summed E-state index contributed by atoms with van der Waals surface area (Å²) in [7, 11) is 0. The number of hydrogen-bond donors (Lipinski definition) is 3. The standard InChI is InChI=1S/C23H22N2O3S/c1-15-22(26)25-20-12-17(10-11-21(20)29-15)23(27)24-18-8-5-9-19(13-18)28-14-16-6-3-2-4-7-16/h2-13,15,22,25-26H,14H2,1H3,(H,24,27). The molecular formula is C23H22N2O3S. The van der Waals surface area contributed by atoms with Crippen molar-refractivity contribution in [3.05, 3.63) is 83.9 Å². The average Bonchev–Trinajstić information content (AvgIpc) is 2.74. The quantitative estimate of drug-likeness (QED) is 0.571. The van der Waals surface area contributed by atoms with Crippen molar-refractivity contribution >= 4 is 29.0 Å². The second kappa shape index (κ2) is 8.59. The molecule has 0 saturated heterocycles. The molecule has 0 radical (unpaired) electrons. The first-order valence-electron chi connectivity index (χ1n) is 9.42. The number of hydrogen-bond acceptors (Lipinski definition) is 5. The second-order valence-electron chi connectivity index (χ2n) is 6.88. The minimum atomic E-state index is -0.635. The highest BCUT2D eigenvalue weighted by molar-refractivity contribution is 8.00. The molecule has 2 unspecified atom stereocenters. The fourth-order valence-corrected chi connectivity index (χ4v) is 4.02. The summed E-state index contributed by atoms with van der Waals surface area (Å²) in [5.41, 5.74) is 3.04. The number of amides is 1. The molecule has 0 fully saturated rings. The van der Waals surface area contributed by atoms with Gasteiger partial charge in [0.25, 0.3) is 5.91 Å². The normalized spacial score (nSPS) is 17.7. The molecule has 0 bridgehead atoms. The van der Waals surface area contributed by atoms with E-state index >= 15 is 0 Å². The summed E-state index contributed by atoms with van der Waals surface area (Å²) in [4.78, 5) is 13.7. The van der Waals surface area contributed by atoms with Gasteiger partial charge in [-0.2, -0.15) is 0 Å². The van der Waals surface area contributed by atoms with Crippen LogP contribution in [0.3, 0.4) is 0 Å². The van der Waals surface area contributed by atoms with Crippen LogP contribution in [0, 0.1) is 0 Å². The number of aliphatic hydroxyl groups is 1. The summed E-state index contributed by atoms with van der Waals surface area (Å²) >= 11 is 1.59. The Morgan fingerprint density at radius 2 is 1.93 bits per heavy atom. The number of nitrogens with one attached hydrogen (secondary N) is 2. The average molecular weight is 407 g/mol. The first-order valence-corrected chi connectivity index (χ1v) is 10.3. The number of carbonyl (C=O) groups is 1. The van der Waals surface area contributed by atoms with Crippen molar-refractivity contribution in [3.63, 3.8) is 0 Å². The van der Waals surface area contributed by atoms with Gasteiger partial charge in [-0.05, 0) is 42.8 Å². The number of anilines is 2. The van der Waals surface area contributed by atoms with Gasteiger partial charge in [-0.1, -0.05) is 36.4 Å². The zero-order valence-corrected chi connectivity index (χ0v) is 16.8. The van der Waals surface area contributed by atoms with Gasteiger partial charge in [-0.3, -0.25) is 4.79 Å². The Morgan fingerprint density at radius 3 is 2.76 bits per heavy atom. The Morgan fingerprint density at radius 1 is 1.10 bits per heavy atom. The third-order valence-electron chi connectivity index (χ3n) is 4.64. The fourth-order valence-electron chi connectivity index (χ4n) is 3.04. The molecule has 3 aromatic rings. The minimum Gasteiger partial charge on any atom is -0.489 e. The van der Waals surface area contributed by atoms with E-state index in [0.717, 1.165) is 16.1 Å². The molecule has 0 aromatic heterocycles. The molecule has 1 aliphatic heterocycles. The molecule has 0 aliphatic carbocycles. The van der Waals surface area contributed by atoms with Gasteiger partial charge in [0.2, 0.25) is 0 Å². The lowest BCUT2D eigenvalue weighted by atomic mass is 10.1. The van der Waals surface area contributed by atoms with E-state index in [2.05, 4.69) is 10.6 Å². The molecular weight excluding hydrogens is 384 g/mol. The predicted octanol–water partition coefficient (Wildman–Crippen LogP) is 4.74. The zero-order valence-electron chi connectivity index (χ0n) is 16.0. The van der Waals surface area contributed by atoms with Crippen LogP contribution in [0.2, 0.25) is 0 Å². The van der Waals surface area contributed by atoms with Crippen LogP contribution in [0.4, 0.5) is 11.4 Å². The minimum absolute atomic E-state index is 0.0563. The maximum atomic E-state index is 12.7. The third-order valence-corrected chi connectivity index (χ3v) is 5.88. The van der Waals surface area contributed by atoms with E-state index in [0.29, 0.717) is 23.6 Å². The van der Waals surface area contributed by atoms with Gasteiger partial charge in [-0.15, -0.1) is 11.8 Å². The molecule has 1 aliphatic rings. The van der Waals surface area contributed by atoms with Crippen LogP contribution >= 0.6 is 11.8 Å².